The lowest BCUT2D eigenvalue weighted by molar-refractivity contribution is 0.645. The molecule has 2 N–H and O–H groups in total. The highest BCUT2D eigenvalue weighted by Crippen LogP contribution is 2.25. The van der Waals surface area contributed by atoms with Crippen LogP contribution in [-0.4, -0.2) is 16.7 Å². The molecule has 3 rings (SSSR count). The van der Waals surface area contributed by atoms with Crippen molar-refractivity contribution in [1.29, 1.82) is 0 Å². The summed E-state index contributed by atoms with van der Waals surface area (Å²) >= 11 is 0. The van der Waals surface area contributed by atoms with Gasteiger partial charge in [-0.2, -0.15) is 5.10 Å². The number of hydrogen-bond donors (Lipinski definition) is 2. The molecule has 0 saturated heterocycles. The first-order valence-electron chi connectivity index (χ1n) is 6.22. The van der Waals surface area contributed by atoms with Crippen molar-refractivity contribution in [3.8, 4) is 0 Å². The summed E-state index contributed by atoms with van der Waals surface area (Å²) in [4.78, 5) is 0. The van der Waals surface area contributed by atoms with Gasteiger partial charge in [0.2, 0.25) is 0 Å². The SMILES string of the molecule is Cc1ccc(Nc2cccc3c2CCNC3)nn1. The van der Waals surface area contributed by atoms with Gasteiger partial charge in [0.1, 0.15) is 0 Å². The van der Waals surface area contributed by atoms with E-state index in [1.54, 1.807) is 0 Å². The van der Waals surface area contributed by atoms with E-state index in [-0.39, 0.29) is 0 Å². The van der Waals surface area contributed by atoms with Crippen molar-refractivity contribution in [2.75, 3.05) is 11.9 Å². The number of benzene rings is 1. The van der Waals surface area contributed by atoms with Crippen molar-refractivity contribution < 1.29 is 0 Å². The summed E-state index contributed by atoms with van der Waals surface area (Å²) in [5, 5.41) is 14.9. The van der Waals surface area contributed by atoms with Crippen LogP contribution in [0.1, 0.15) is 16.8 Å². The van der Waals surface area contributed by atoms with Crippen LogP contribution in [0, 0.1) is 6.92 Å². The summed E-state index contributed by atoms with van der Waals surface area (Å²) in [7, 11) is 0. The molecule has 0 radical (unpaired) electrons. The van der Waals surface area contributed by atoms with Crippen molar-refractivity contribution in [2.24, 2.45) is 0 Å². The normalized spacial score (nSPS) is 14.1. The molecule has 0 fully saturated rings. The molecular formula is C14H16N4. The molecule has 1 aromatic carbocycles. The van der Waals surface area contributed by atoms with Crippen molar-refractivity contribution in [2.45, 2.75) is 19.9 Å². The molecule has 2 aromatic rings. The maximum atomic E-state index is 4.15. The lowest BCUT2D eigenvalue weighted by Gasteiger charge is -2.20. The summed E-state index contributed by atoms with van der Waals surface area (Å²) in [6.07, 6.45) is 1.05. The number of nitrogens with zero attached hydrogens (tertiary/aromatic N) is 2. The summed E-state index contributed by atoms with van der Waals surface area (Å²) in [5.41, 5.74) is 4.83. The molecule has 0 bridgehead atoms. The molecule has 0 unspecified atom stereocenters. The van der Waals surface area contributed by atoms with Crippen LogP contribution in [0.25, 0.3) is 0 Å². The van der Waals surface area contributed by atoms with Crippen LogP contribution in [-0.2, 0) is 13.0 Å². The maximum absolute atomic E-state index is 4.15. The van der Waals surface area contributed by atoms with Crippen LogP contribution in [0.3, 0.4) is 0 Å². The molecule has 0 saturated carbocycles. The monoisotopic (exact) mass is 240 g/mol. The number of nitrogens with one attached hydrogen (secondary N) is 2. The van der Waals surface area contributed by atoms with Gasteiger partial charge in [-0.1, -0.05) is 12.1 Å². The zero-order valence-corrected chi connectivity index (χ0v) is 10.4. The Hall–Kier alpha value is -1.94. The second kappa shape index (κ2) is 4.74. The minimum atomic E-state index is 0.799. The molecule has 92 valence electrons. The maximum Gasteiger partial charge on any atom is 0.153 e. The van der Waals surface area contributed by atoms with E-state index in [9.17, 15) is 0 Å². The average Bonchev–Trinajstić information content (AvgIpc) is 2.42. The predicted octanol–water partition coefficient (Wildman–Crippen LogP) is 2.17. The molecule has 4 nitrogen and oxygen atoms in total. The van der Waals surface area contributed by atoms with Gasteiger partial charge in [0.05, 0.1) is 5.69 Å². The zero-order valence-electron chi connectivity index (χ0n) is 10.4. The second-order valence-electron chi connectivity index (χ2n) is 4.55. The van der Waals surface area contributed by atoms with Crippen molar-refractivity contribution in [1.82, 2.24) is 15.5 Å². The molecular weight excluding hydrogens is 224 g/mol. The fraction of sp³-hybridized carbons (Fsp3) is 0.286. The second-order valence-corrected chi connectivity index (χ2v) is 4.55. The average molecular weight is 240 g/mol. The lowest BCUT2D eigenvalue weighted by atomic mass is 9.99. The Labute approximate surface area is 106 Å². The predicted molar refractivity (Wildman–Crippen MR) is 71.9 cm³/mol. The molecule has 0 amide bonds. The van der Waals surface area contributed by atoms with Crippen LogP contribution in [0.15, 0.2) is 30.3 Å². The van der Waals surface area contributed by atoms with Crippen LogP contribution >= 0.6 is 0 Å². The van der Waals surface area contributed by atoms with Gasteiger partial charge in [0, 0.05) is 12.2 Å². The van der Waals surface area contributed by atoms with Crippen LogP contribution in [0.2, 0.25) is 0 Å². The number of aryl methyl sites for hydroxylation is 1. The number of aromatic nitrogens is 2. The minimum Gasteiger partial charge on any atom is -0.338 e. The van der Waals surface area contributed by atoms with Gasteiger partial charge >= 0.3 is 0 Å². The standard InChI is InChI=1S/C14H16N4/c1-10-5-6-14(18-17-10)16-13-4-2-3-11-9-15-8-7-12(11)13/h2-6,15H,7-9H2,1H3,(H,16,18). The van der Waals surface area contributed by atoms with Gasteiger partial charge < -0.3 is 10.6 Å². The van der Waals surface area contributed by atoms with Gasteiger partial charge in [0.25, 0.3) is 0 Å². The van der Waals surface area contributed by atoms with E-state index in [1.165, 1.54) is 11.1 Å². The summed E-state index contributed by atoms with van der Waals surface area (Å²) < 4.78 is 0. The largest absolute Gasteiger partial charge is 0.338 e. The van der Waals surface area contributed by atoms with Gasteiger partial charge in [-0.15, -0.1) is 5.10 Å². The van der Waals surface area contributed by atoms with E-state index >= 15 is 0 Å². The number of rotatable bonds is 2. The third-order valence-corrected chi connectivity index (χ3v) is 3.20. The molecule has 0 spiro atoms. The van der Waals surface area contributed by atoms with Gasteiger partial charge in [-0.05, 0) is 49.2 Å². The number of hydrogen-bond acceptors (Lipinski definition) is 4. The van der Waals surface area contributed by atoms with Crippen LogP contribution in [0.4, 0.5) is 11.5 Å². The third kappa shape index (κ3) is 2.19. The lowest BCUT2D eigenvalue weighted by Crippen LogP contribution is -2.24. The summed E-state index contributed by atoms with van der Waals surface area (Å²) in [6.45, 7) is 3.92. The first-order valence-corrected chi connectivity index (χ1v) is 6.22. The van der Waals surface area contributed by atoms with Gasteiger partial charge in [-0.3, -0.25) is 0 Å². The van der Waals surface area contributed by atoms with E-state index in [2.05, 4.69) is 39.0 Å². The molecule has 1 aliphatic heterocycles. The Kier molecular flexibility index (Phi) is 2.94. The van der Waals surface area contributed by atoms with Crippen molar-refractivity contribution in [3.63, 3.8) is 0 Å². The Morgan fingerprint density at radius 1 is 1.17 bits per heavy atom. The first-order chi connectivity index (χ1) is 8.83. The Balaban J connectivity index is 1.90. The summed E-state index contributed by atoms with van der Waals surface area (Å²) in [5.74, 6) is 0.799. The smallest absolute Gasteiger partial charge is 0.153 e. The van der Waals surface area contributed by atoms with Crippen molar-refractivity contribution >= 4 is 11.5 Å². The van der Waals surface area contributed by atoms with Crippen LogP contribution < -0.4 is 10.6 Å². The molecule has 0 aliphatic carbocycles. The Bertz CT molecular complexity index is 548. The van der Waals surface area contributed by atoms with Crippen LogP contribution in [0.5, 0.6) is 0 Å². The van der Waals surface area contributed by atoms with E-state index in [1.807, 2.05) is 19.1 Å². The summed E-state index contributed by atoms with van der Waals surface area (Å²) in [6, 6.07) is 10.3. The van der Waals surface area contributed by atoms with E-state index in [0.717, 1.165) is 36.7 Å². The van der Waals surface area contributed by atoms with Crippen molar-refractivity contribution in [3.05, 3.63) is 47.2 Å². The van der Waals surface area contributed by atoms with Gasteiger partial charge in [-0.25, -0.2) is 0 Å². The Morgan fingerprint density at radius 3 is 2.94 bits per heavy atom. The number of fused-ring (bicyclic) bond motifs is 1. The molecule has 1 aliphatic rings. The molecule has 2 heterocycles. The fourth-order valence-electron chi connectivity index (χ4n) is 2.25. The number of anilines is 2. The van der Waals surface area contributed by atoms with E-state index in [4.69, 9.17) is 0 Å². The molecule has 4 heteroatoms. The first kappa shape index (κ1) is 11.2. The fourth-order valence-corrected chi connectivity index (χ4v) is 2.25. The highest BCUT2D eigenvalue weighted by molar-refractivity contribution is 5.62. The topological polar surface area (TPSA) is 49.8 Å². The minimum absolute atomic E-state index is 0.799. The van der Waals surface area contributed by atoms with E-state index in [0.29, 0.717) is 0 Å². The van der Waals surface area contributed by atoms with E-state index < -0.39 is 0 Å². The molecule has 1 aromatic heterocycles. The quantitative estimate of drug-likeness (QED) is 0.844. The van der Waals surface area contributed by atoms with Gasteiger partial charge in [0.15, 0.2) is 5.82 Å². The molecule has 18 heavy (non-hydrogen) atoms. The highest BCUT2D eigenvalue weighted by atomic mass is 15.2. The highest BCUT2D eigenvalue weighted by Gasteiger charge is 2.12. The zero-order chi connectivity index (χ0) is 12.4. The third-order valence-electron chi connectivity index (χ3n) is 3.20. The Morgan fingerprint density at radius 2 is 2.11 bits per heavy atom. The molecule has 0 atom stereocenters.